The zero-order chi connectivity index (χ0) is 18.9. The highest BCUT2D eigenvalue weighted by Crippen LogP contribution is 2.16. The van der Waals surface area contributed by atoms with E-state index < -0.39 is 5.97 Å². The molecule has 0 aliphatic carbocycles. The molecule has 0 unspecified atom stereocenters. The monoisotopic (exact) mass is 351 g/mol. The lowest BCUT2D eigenvalue weighted by molar-refractivity contribution is -0.138. The third-order valence-electron chi connectivity index (χ3n) is 3.72. The molecule has 0 fully saturated rings. The SMILES string of the molecule is N=C(N)c1cccc(/C=C/CN(C(=O)CCC(=O)O)c2ccccc2)c1. The molecule has 2 aromatic carbocycles. The summed E-state index contributed by atoms with van der Waals surface area (Å²) in [7, 11) is 0. The highest BCUT2D eigenvalue weighted by atomic mass is 16.4. The van der Waals surface area contributed by atoms with Gasteiger partial charge in [0.2, 0.25) is 5.91 Å². The number of nitrogen functional groups attached to an aromatic ring is 1. The molecule has 4 N–H and O–H groups in total. The number of nitrogens with zero attached hydrogens (tertiary/aromatic N) is 1. The molecule has 0 saturated carbocycles. The van der Waals surface area contributed by atoms with E-state index in [9.17, 15) is 9.59 Å². The van der Waals surface area contributed by atoms with E-state index in [-0.39, 0.29) is 24.6 Å². The van der Waals surface area contributed by atoms with E-state index in [1.165, 1.54) is 0 Å². The maximum Gasteiger partial charge on any atom is 0.303 e. The van der Waals surface area contributed by atoms with Crippen molar-refractivity contribution < 1.29 is 14.7 Å². The number of carboxylic acid groups (broad SMARTS) is 1. The maximum atomic E-state index is 12.4. The van der Waals surface area contributed by atoms with Gasteiger partial charge in [0.15, 0.2) is 0 Å². The fourth-order valence-corrected chi connectivity index (χ4v) is 2.41. The number of nitrogens with two attached hydrogens (primary N) is 1. The number of para-hydroxylation sites is 1. The minimum atomic E-state index is -0.997. The Morgan fingerprint density at radius 2 is 1.81 bits per heavy atom. The van der Waals surface area contributed by atoms with Crippen molar-refractivity contribution in [3.8, 4) is 0 Å². The third kappa shape index (κ3) is 5.59. The number of rotatable bonds is 8. The Hall–Kier alpha value is -3.41. The minimum absolute atomic E-state index is 0.00462. The summed E-state index contributed by atoms with van der Waals surface area (Å²) in [6.45, 7) is 0.312. The second-order valence-corrected chi connectivity index (χ2v) is 5.68. The van der Waals surface area contributed by atoms with Crippen LogP contribution in [0.4, 0.5) is 5.69 Å². The van der Waals surface area contributed by atoms with Gasteiger partial charge in [0, 0.05) is 24.2 Å². The zero-order valence-electron chi connectivity index (χ0n) is 14.3. The number of carbonyl (C=O) groups is 2. The van der Waals surface area contributed by atoms with Gasteiger partial charge in [-0.2, -0.15) is 0 Å². The topological polar surface area (TPSA) is 107 Å². The van der Waals surface area contributed by atoms with Crippen molar-refractivity contribution in [2.45, 2.75) is 12.8 Å². The molecular weight excluding hydrogens is 330 g/mol. The largest absolute Gasteiger partial charge is 0.481 e. The molecule has 134 valence electrons. The summed E-state index contributed by atoms with van der Waals surface area (Å²) in [5, 5.41) is 16.3. The number of nitrogens with one attached hydrogen (secondary N) is 1. The fraction of sp³-hybridized carbons (Fsp3) is 0.150. The highest BCUT2D eigenvalue weighted by molar-refractivity contribution is 5.96. The van der Waals surface area contributed by atoms with Crippen molar-refractivity contribution in [1.29, 1.82) is 5.41 Å². The molecule has 0 heterocycles. The van der Waals surface area contributed by atoms with Crippen LogP contribution in [0.3, 0.4) is 0 Å². The lowest BCUT2D eigenvalue weighted by Gasteiger charge is -2.21. The normalized spacial score (nSPS) is 10.6. The van der Waals surface area contributed by atoms with Crippen LogP contribution in [-0.4, -0.2) is 29.4 Å². The van der Waals surface area contributed by atoms with Gasteiger partial charge in [-0.15, -0.1) is 0 Å². The number of hydrogen-bond donors (Lipinski definition) is 3. The van der Waals surface area contributed by atoms with E-state index in [4.69, 9.17) is 16.2 Å². The van der Waals surface area contributed by atoms with Crippen LogP contribution in [0.25, 0.3) is 6.08 Å². The number of amidine groups is 1. The fourth-order valence-electron chi connectivity index (χ4n) is 2.41. The molecule has 2 aromatic rings. The second kappa shape index (κ2) is 9.17. The van der Waals surface area contributed by atoms with Crippen molar-refractivity contribution >= 4 is 29.5 Å². The predicted octanol–water partition coefficient (Wildman–Crippen LogP) is 2.88. The zero-order valence-corrected chi connectivity index (χ0v) is 14.3. The van der Waals surface area contributed by atoms with Crippen molar-refractivity contribution in [1.82, 2.24) is 0 Å². The number of amides is 1. The summed E-state index contributed by atoms with van der Waals surface area (Å²) in [6.07, 6.45) is 3.40. The molecule has 0 aliphatic heterocycles. The first kappa shape index (κ1) is 18.9. The second-order valence-electron chi connectivity index (χ2n) is 5.68. The van der Waals surface area contributed by atoms with E-state index in [1.807, 2.05) is 54.6 Å². The quantitative estimate of drug-likeness (QED) is 0.502. The third-order valence-corrected chi connectivity index (χ3v) is 3.72. The van der Waals surface area contributed by atoms with Gasteiger partial charge in [0.05, 0.1) is 6.42 Å². The molecule has 1 amide bonds. The lowest BCUT2D eigenvalue weighted by atomic mass is 10.1. The Morgan fingerprint density at radius 3 is 2.46 bits per heavy atom. The average Bonchev–Trinajstić information content (AvgIpc) is 2.64. The standard InChI is InChI=1S/C20H21N3O3/c21-20(22)16-8-4-6-15(14-16)7-5-13-23(17-9-2-1-3-10-17)18(24)11-12-19(25)26/h1-10,14H,11-13H2,(H3,21,22)(H,25,26)/b7-5+. The number of aliphatic carboxylic acids is 1. The summed E-state index contributed by atoms with van der Waals surface area (Å²) in [5.41, 5.74) is 7.70. The smallest absolute Gasteiger partial charge is 0.303 e. The van der Waals surface area contributed by atoms with Gasteiger partial charge in [-0.05, 0) is 23.8 Å². The van der Waals surface area contributed by atoms with Crippen molar-refractivity contribution in [3.63, 3.8) is 0 Å². The molecule has 0 bridgehead atoms. The van der Waals surface area contributed by atoms with E-state index in [1.54, 1.807) is 17.0 Å². The molecule has 0 radical (unpaired) electrons. The molecule has 6 nitrogen and oxygen atoms in total. The first-order chi connectivity index (χ1) is 12.5. The van der Waals surface area contributed by atoms with Crippen LogP contribution in [0.2, 0.25) is 0 Å². The summed E-state index contributed by atoms with van der Waals surface area (Å²) in [6, 6.07) is 16.4. The molecule has 0 aliphatic rings. The molecular formula is C20H21N3O3. The summed E-state index contributed by atoms with van der Waals surface area (Å²) in [4.78, 5) is 24.7. The number of anilines is 1. The van der Waals surface area contributed by atoms with Crippen molar-refractivity contribution in [2.75, 3.05) is 11.4 Å². The number of benzene rings is 2. The highest BCUT2D eigenvalue weighted by Gasteiger charge is 2.15. The van der Waals surface area contributed by atoms with E-state index >= 15 is 0 Å². The van der Waals surface area contributed by atoms with Crippen LogP contribution >= 0.6 is 0 Å². The first-order valence-corrected chi connectivity index (χ1v) is 8.15. The number of carboxylic acids is 1. The van der Waals surface area contributed by atoms with Gasteiger partial charge in [0.1, 0.15) is 5.84 Å². The number of hydrogen-bond acceptors (Lipinski definition) is 3. The lowest BCUT2D eigenvalue weighted by Crippen LogP contribution is -2.31. The summed E-state index contributed by atoms with van der Waals surface area (Å²) < 4.78 is 0. The van der Waals surface area contributed by atoms with Crippen LogP contribution in [0.1, 0.15) is 24.0 Å². The maximum absolute atomic E-state index is 12.4. The number of carbonyl (C=O) groups excluding carboxylic acids is 1. The van der Waals surface area contributed by atoms with E-state index in [2.05, 4.69) is 0 Å². The Morgan fingerprint density at radius 1 is 1.08 bits per heavy atom. The molecule has 0 saturated heterocycles. The summed E-state index contributed by atoms with van der Waals surface area (Å²) in [5.74, 6) is -1.25. The van der Waals surface area contributed by atoms with Gasteiger partial charge in [-0.25, -0.2) is 0 Å². The van der Waals surface area contributed by atoms with E-state index in [0.717, 1.165) is 5.56 Å². The first-order valence-electron chi connectivity index (χ1n) is 8.15. The Balaban J connectivity index is 2.13. The van der Waals surface area contributed by atoms with Gasteiger partial charge < -0.3 is 15.7 Å². The predicted molar refractivity (Wildman–Crippen MR) is 102 cm³/mol. The molecule has 2 rings (SSSR count). The molecule has 0 atom stereocenters. The Labute approximate surface area is 152 Å². The van der Waals surface area contributed by atoms with Crippen LogP contribution in [0.5, 0.6) is 0 Å². The minimum Gasteiger partial charge on any atom is -0.481 e. The van der Waals surface area contributed by atoms with Gasteiger partial charge in [-0.3, -0.25) is 15.0 Å². The van der Waals surface area contributed by atoms with Gasteiger partial charge in [-0.1, -0.05) is 48.6 Å². The van der Waals surface area contributed by atoms with Crippen molar-refractivity contribution in [3.05, 3.63) is 71.8 Å². The molecule has 26 heavy (non-hydrogen) atoms. The molecule has 0 spiro atoms. The molecule has 6 heteroatoms. The summed E-state index contributed by atoms with van der Waals surface area (Å²) >= 11 is 0. The van der Waals surface area contributed by atoms with Crippen molar-refractivity contribution in [2.24, 2.45) is 5.73 Å². The Kier molecular flexibility index (Phi) is 6.68. The molecule has 0 aromatic heterocycles. The Bertz CT molecular complexity index is 816. The average molecular weight is 351 g/mol. The van der Waals surface area contributed by atoms with Crippen LogP contribution < -0.4 is 10.6 Å². The van der Waals surface area contributed by atoms with Crippen LogP contribution in [-0.2, 0) is 9.59 Å². The van der Waals surface area contributed by atoms with Gasteiger partial charge in [0.25, 0.3) is 0 Å². The van der Waals surface area contributed by atoms with Crippen LogP contribution in [0, 0.1) is 5.41 Å². The van der Waals surface area contributed by atoms with E-state index in [0.29, 0.717) is 17.8 Å². The van der Waals surface area contributed by atoms with Crippen LogP contribution in [0.15, 0.2) is 60.7 Å². The van der Waals surface area contributed by atoms with Gasteiger partial charge >= 0.3 is 5.97 Å².